The molecule has 1 heterocycles. The minimum absolute atomic E-state index is 0. The third-order valence-electron chi connectivity index (χ3n) is 1.14. The zero-order valence-corrected chi connectivity index (χ0v) is 10.9. The first-order chi connectivity index (χ1) is 3.30. The van der Waals surface area contributed by atoms with Gasteiger partial charge >= 0.3 is 26.2 Å². The molecule has 0 unspecified atom stereocenters. The summed E-state index contributed by atoms with van der Waals surface area (Å²) >= 11 is 0. The molecule has 0 aliphatic heterocycles. The molecule has 62 valence electrons. The van der Waals surface area contributed by atoms with Crippen LogP contribution in [-0.2, 0) is 26.2 Å². The molecule has 0 aromatic carbocycles. The van der Waals surface area contributed by atoms with Crippen LogP contribution in [0.25, 0.3) is 0 Å². The standard InChI is InChI=1S/C6H8N.3ClH.Zr/c1-5-3-7-4-6(5)2;;;;/h3,7H,1-2H3;3*1H;/q-1;;;;+4/p-3. The quantitative estimate of drug-likeness (QED) is 0.457. The molecule has 0 saturated carbocycles. The van der Waals surface area contributed by atoms with Crippen LogP contribution in [0, 0.1) is 20.0 Å². The van der Waals surface area contributed by atoms with Crippen LogP contribution in [0.4, 0.5) is 0 Å². The van der Waals surface area contributed by atoms with Crippen molar-refractivity contribution in [2.24, 2.45) is 0 Å². The summed E-state index contributed by atoms with van der Waals surface area (Å²) in [7, 11) is 0. The minimum atomic E-state index is 0. The number of aryl methyl sites for hydroxylation is 2. The van der Waals surface area contributed by atoms with Crippen LogP contribution in [0.5, 0.6) is 0 Å². The predicted octanol–water partition coefficient (Wildman–Crippen LogP) is -7.56. The van der Waals surface area contributed by atoms with Crippen molar-refractivity contribution in [1.29, 1.82) is 0 Å². The Bertz CT molecular complexity index is 150. The zero-order valence-electron chi connectivity index (χ0n) is 6.21. The van der Waals surface area contributed by atoms with Crippen molar-refractivity contribution in [2.75, 3.05) is 0 Å². The van der Waals surface area contributed by atoms with Gasteiger partial charge in [0.25, 0.3) is 0 Å². The van der Waals surface area contributed by atoms with E-state index in [4.69, 9.17) is 0 Å². The summed E-state index contributed by atoms with van der Waals surface area (Å²) in [4.78, 5) is 2.87. The van der Waals surface area contributed by atoms with Crippen molar-refractivity contribution in [2.45, 2.75) is 13.8 Å². The summed E-state index contributed by atoms with van der Waals surface area (Å²) in [5.41, 5.74) is 2.49. The molecule has 0 spiro atoms. The van der Waals surface area contributed by atoms with E-state index < -0.39 is 0 Å². The third kappa shape index (κ3) is 7.40. The van der Waals surface area contributed by atoms with Crippen LogP contribution in [0.15, 0.2) is 6.20 Å². The fourth-order valence-electron chi connectivity index (χ4n) is 0.459. The molecule has 0 aliphatic carbocycles. The molecule has 1 nitrogen and oxygen atoms in total. The van der Waals surface area contributed by atoms with Crippen molar-refractivity contribution in [3.8, 4) is 0 Å². The summed E-state index contributed by atoms with van der Waals surface area (Å²) in [5, 5.41) is 0. The number of nitrogens with one attached hydrogen (secondary N) is 1. The normalized spacial score (nSPS) is 6.00. The topological polar surface area (TPSA) is 15.8 Å². The first-order valence-electron chi connectivity index (χ1n) is 2.33. The molecule has 0 aliphatic rings. The largest absolute Gasteiger partial charge is 4.00 e. The van der Waals surface area contributed by atoms with Gasteiger partial charge in [-0.15, -0.1) is 12.4 Å². The Morgan fingerprint density at radius 1 is 1.18 bits per heavy atom. The molecular formula is C6H8Cl3NZr. The van der Waals surface area contributed by atoms with Crippen LogP contribution in [-0.4, -0.2) is 4.98 Å². The molecule has 1 rings (SSSR count). The number of aromatic nitrogens is 1. The maximum absolute atomic E-state index is 2.94. The Labute approximate surface area is 105 Å². The second kappa shape index (κ2) is 11.0. The molecule has 11 heavy (non-hydrogen) atoms. The molecule has 0 saturated heterocycles. The van der Waals surface area contributed by atoms with E-state index in [-0.39, 0.29) is 63.4 Å². The van der Waals surface area contributed by atoms with Gasteiger partial charge in [0.2, 0.25) is 0 Å². The summed E-state index contributed by atoms with van der Waals surface area (Å²) in [6.45, 7) is 4.09. The van der Waals surface area contributed by atoms with Gasteiger partial charge in [0.15, 0.2) is 0 Å². The van der Waals surface area contributed by atoms with Crippen LogP contribution in [0.1, 0.15) is 11.1 Å². The molecular weight excluding hydrogens is 284 g/mol. The van der Waals surface area contributed by atoms with Crippen LogP contribution in [0.3, 0.4) is 0 Å². The summed E-state index contributed by atoms with van der Waals surface area (Å²) < 4.78 is 0. The smallest absolute Gasteiger partial charge is 1.00 e. The SMILES string of the molecule is Cc1[c-][nH]cc1C.[Cl-].[Cl-].[Cl-].[Zr+4]. The van der Waals surface area contributed by atoms with E-state index in [2.05, 4.69) is 18.1 Å². The van der Waals surface area contributed by atoms with Gasteiger partial charge in [0.05, 0.1) is 0 Å². The summed E-state index contributed by atoms with van der Waals surface area (Å²) in [6.07, 6.45) is 4.88. The Hall–Kier alpha value is 1.03. The fraction of sp³-hybridized carbons (Fsp3) is 0.333. The Morgan fingerprint density at radius 2 is 1.64 bits per heavy atom. The number of rotatable bonds is 0. The van der Waals surface area contributed by atoms with E-state index >= 15 is 0 Å². The Kier molecular flexibility index (Phi) is 22.8. The van der Waals surface area contributed by atoms with E-state index in [1.165, 1.54) is 11.1 Å². The van der Waals surface area contributed by atoms with E-state index in [1.807, 2.05) is 13.1 Å². The van der Waals surface area contributed by atoms with Gasteiger partial charge in [-0.05, 0) is 0 Å². The second-order valence-electron chi connectivity index (χ2n) is 1.72. The fourth-order valence-corrected chi connectivity index (χ4v) is 0.459. The number of hydrogen-bond donors (Lipinski definition) is 1. The van der Waals surface area contributed by atoms with Gasteiger partial charge < -0.3 is 42.2 Å². The van der Waals surface area contributed by atoms with Gasteiger partial charge in [0.1, 0.15) is 0 Å². The van der Waals surface area contributed by atoms with Crippen LogP contribution in [0.2, 0.25) is 0 Å². The molecule has 1 N–H and O–H groups in total. The van der Waals surface area contributed by atoms with Gasteiger partial charge in [0, 0.05) is 0 Å². The van der Waals surface area contributed by atoms with Crippen molar-refractivity contribution in [1.82, 2.24) is 4.98 Å². The molecule has 1 aromatic heterocycles. The van der Waals surface area contributed by atoms with E-state index in [0.717, 1.165) is 0 Å². The molecule has 0 atom stereocenters. The molecule has 0 amide bonds. The molecule has 0 bridgehead atoms. The summed E-state index contributed by atoms with van der Waals surface area (Å²) in [5.74, 6) is 0. The third-order valence-corrected chi connectivity index (χ3v) is 1.14. The van der Waals surface area contributed by atoms with E-state index in [9.17, 15) is 0 Å². The maximum Gasteiger partial charge on any atom is 4.00 e. The average Bonchev–Trinajstić information content (AvgIpc) is 1.91. The second-order valence-corrected chi connectivity index (χ2v) is 1.72. The molecule has 5 heteroatoms. The number of halogens is 3. The summed E-state index contributed by atoms with van der Waals surface area (Å²) in [6, 6.07) is 0. The first-order valence-corrected chi connectivity index (χ1v) is 2.33. The van der Waals surface area contributed by atoms with Crippen LogP contribution < -0.4 is 37.2 Å². The Morgan fingerprint density at radius 3 is 1.73 bits per heavy atom. The predicted molar refractivity (Wildman–Crippen MR) is 29.1 cm³/mol. The van der Waals surface area contributed by atoms with Crippen LogP contribution >= 0.6 is 0 Å². The van der Waals surface area contributed by atoms with Crippen molar-refractivity contribution < 1.29 is 63.4 Å². The zero-order chi connectivity index (χ0) is 5.28. The minimum Gasteiger partial charge on any atom is -1.00 e. The monoisotopic (exact) mass is 289 g/mol. The average molecular weight is 292 g/mol. The van der Waals surface area contributed by atoms with Gasteiger partial charge in [-0.25, -0.2) is 0 Å². The first kappa shape index (κ1) is 22.7. The van der Waals surface area contributed by atoms with Gasteiger partial charge in [-0.1, -0.05) is 13.8 Å². The van der Waals surface area contributed by atoms with E-state index in [1.54, 1.807) is 0 Å². The number of aromatic amines is 1. The van der Waals surface area contributed by atoms with Gasteiger partial charge in [-0.3, -0.25) is 0 Å². The molecule has 1 aromatic rings. The number of H-pyrrole nitrogens is 1. The molecule has 0 fully saturated rings. The van der Waals surface area contributed by atoms with Crippen molar-refractivity contribution in [3.63, 3.8) is 0 Å². The molecule has 0 radical (unpaired) electrons. The van der Waals surface area contributed by atoms with Gasteiger partial charge in [-0.2, -0.15) is 11.1 Å². The van der Waals surface area contributed by atoms with E-state index in [0.29, 0.717) is 0 Å². The Balaban J connectivity index is -0.0000000612. The van der Waals surface area contributed by atoms with Crippen molar-refractivity contribution >= 4 is 0 Å². The van der Waals surface area contributed by atoms with Crippen molar-refractivity contribution in [3.05, 3.63) is 23.5 Å². The number of hydrogen-bond acceptors (Lipinski definition) is 0. The maximum atomic E-state index is 2.94.